The fraction of sp³-hybridized carbons (Fsp3) is 0.214. The number of rotatable bonds is 3. The summed E-state index contributed by atoms with van der Waals surface area (Å²) >= 11 is 11.9. The predicted octanol–water partition coefficient (Wildman–Crippen LogP) is 2.95. The highest BCUT2D eigenvalue weighted by Crippen LogP contribution is 2.33. The van der Waals surface area contributed by atoms with E-state index < -0.39 is 11.6 Å². The van der Waals surface area contributed by atoms with Gasteiger partial charge in [-0.15, -0.1) is 0 Å². The molecule has 0 radical (unpaired) electrons. The van der Waals surface area contributed by atoms with E-state index in [2.05, 4.69) is 10.5 Å². The van der Waals surface area contributed by atoms with Crippen molar-refractivity contribution < 1.29 is 14.1 Å². The number of carbonyl (C=O) groups is 2. The van der Waals surface area contributed by atoms with E-state index in [4.69, 9.17) is 27.7 Å². The van der Waals surface area contributed by atoms with Gasteiger partial charge in [-0.05, 0) is 24.6 Å². The summed E-state index contributed by atoms with van der Waals surface area (Å²) in [5.41, 5.74) is -0.153. The van der Waals surface area contributed by atoms with Crippen LogP contribution in [-0.2, 0) is 16.9 Å². The summed E-state index contributed by atoms with van der Waals surface area (Å²) in [5, 5.41) is 7.09. The molecule has 1 aliphatic rings. The zero-order chi connectivity index (χ0) is 15.9. The van der Waals surface area contributed by atoms with Crippen molar-refractivity contribution in [3.05, 3.63) is 51.8 Å². The Morgan fingerprint density at radius 1 is 1.27 bits per heavy atom. The van der Waals surface area contributed by atoms with Crippen molar-refractivity contribution in [2.24, 2.45) is 0 Å². The molecule has 3 rings (SSSR count). The molecule has 0 bridgehead atoms. The lowest BCUT2D eigenvalue weighted by Crippen LogP contribution is -2.40. The third kappa shape index (κ3) is 2.34. The quantitative estimate of drug-likeness (QED) is 0.872. The van der Waals surface area contributed by atoms with E-state index in [-0.39, 0.29) is 12.5 Å². The molecule has 1 fully saturated rings. The summed E-state index contributed by atoms with van der Waals surface area (Å²) in [7, 11) is 0. The van der Waals surface area contributed by atoms with Gasteiger partial charge in [0.1, 0.15) is 17.5 Å². The molecule has 0 spiro atoms. The first-order valence-corrected chi connectivity index (χ1v) is 7.16. The van der Waals surface area contributed by atoms with Gasteiger partial charge in [-0.25, -0.2) is 4.79 Å². The summed E-state index contributed by atoms with van der Waals surface area (Å²) < 4.78 is 4.71. The Hall–Kier alpha value is -2.05. The highest BCUT2D eigenvalue weighted by Gasteiger charge is 2.49. The van der Waals surface area contributed by atoms with Crippen molar-refractivity contribution in [2.75, 3.05) is 0 Å². The van der Waals surface area contributed by atoms with E-state index in [9.17, 15) is 9.59 Å². The molecule has 8 heteroatoms. The number of nitrogens with zero attached hydrogens (tertiary/aromatic N) is 2. The van der Waals surface area contributed by atoms with Gasteiger partial charge in [-0.1, -0.05) is 34.4 Å². The Labute approximate surface area is 136 Å². The van der Waals surface area contributed by atoms with Crippen LogP contribution in [0, 0.1) is 0 Å². The summed E-state index contributed by atoms with van der Waals surface area (Å²) in [6, 6.07) is 5.91. The molecule has 0 unspecified atom stereocenters. The van der Waals surface area contributed by atoms with Crippen LogP contribution in [0.4, 0.5) is 4.79 Å². The number of hydrogen-bond acceptors (Lipinski definition) is 4. The molecule has 1 aromatic heterocycles. The van der Waals surface area contributed by atoms with Gasteiger partial charge in [0.15, 0.2) is 0 Å². The summed E-state index contributed by atoms with van der Waals surface area (Å²) in [6.07, 6.45) is 1.38. The lowest BCUT2D eigenvalue weighted by atomic mass is 9.92. The molecule has 2 aromatic rings. The van der Waals surface area contributed by atoms with Crippen LogP contribution >= 0.6 is 23.2 Å². The standard InChI is InChI=1S/C14H11Cl2N3O3/c1-14(8-2-3-10(15)11(16)6-8)12(20)19(13(21)17-14)7-9-4-5-22-18-9/h2-6H,7H2,1H3,(H,17,21)/t14-/m1/s1. The highest BCUT2D eigenvalue weighted by molar-refractivity contribution is 6.42. The SMILES string of the molecule is C[C@]1(c2ccc(Cl)c(Cl)c2)NC(=O)N(Cc2ccon2)C1=O. The number of imide groups is 1. The molecule has 2 heterocycles. The van der Waals surface area contributed by atoms with Gasteiger partial charge in [-0.3, -0.25) is 9.69 Å². The van der Waals surface area contributed by atoms with Gasteiger partial charge in [0.05, 0.1) is 16.6 Å². The van der Waals surface area contributed by atoms with Crippen molar-refractivity contribution in [3.8, 4) is 0 Å². The van der Waals surface area contributed by atoms with Gasteiger partial charge in [0, 0.05) is 6.07 Å². The van der Waals surface area contributed by atoms with Gasteiger partial charge < -0.3 is 9.84 Å². The second-order valence-corrected chi connectivity index (χ2v) is 5.88. The molecule has 22 heavy (non-hydrogen) atoms. The summed E-state index contributed by atoms with van der Waals surface area (Å²) in [6.45, 7) is 1.66. The lowest BCUT2D eigenvalue weighted by molar-refractivity contribution is -0.131. The minimum Gasteiger partial charge on any atom is -0.364 e. The second-order valence-electron chi connectivity index (χ2n) is 5.07. The maximum atomic E-state index is 12.7. The maximum absolute atomic E-state index is 12.7. The minimum atomic E-state index is -1.20. The number of halogens is 2. The Bertz CT molecular complexity index is 748. The average molecular weight is 340 g/mol. The van der Waals surface area contributed by atoms with Crippen LogP contribution in [0.5, 0.6) is 0 Å². The topological polar surface area (TPSA) is 75.4 Å². The van der Waals surface area contributed by atoms with E-state index >= 15 is 0 Å². The number of amides is 3. The Morgan fingerprint density at radius 3 is 2.68 bits per heavy atom. The van der Waals surface area contributed by atoms with Crippen LogP contribution in [0.15, 0.2) is 35.1 Å². The molecule has 3 amide bonds. The van der Waals surface area contributed by atoms with Crippen LogP contribution in [-0.4, -0.2) is 22.0 Å². The van der Waals surface area contributed by atoms with Crippen molar-refractivity contribution >= 4 is 35.1 Å². The first-order valence-electron chi connectivity index (χ1n) is 6.41. The van der Waals surface area contributed by atoms with Gasteiger partial charge in [0.25, 0.3) is 5.91 Å². The van der Waals surface area contributed by atoms with Crippen molar-refractivity contribution in [3.63, 3.8) is 0 Å². The third-order valence-electron chi connectivity index (χ3n) is 3.58. The largest absolute Gasteiger partial charge is 0.364 e. The van der Waals surface area contributed by atoms with Crippen LogP contribution in [0.1, 0.15) is 18.2 Å². The summed E-state index contributed by atoms with van der Waals surface area (Å²) in [5.74, 6) is -0.390. The molecule has 0 aliphatic carbocycles. The number of nitrogens with one attached hydrogen (secondary N) is 1. The molecule has 1 aliphatic heterocycles. The Kier molecular flexibility index (Phi) is 3.58. The first-order chi connectivity index (χ1) is 10.4. The average Bonchev–Trinajstić information content (AvgIpc) is 3.06. The molecular formula is C14H11Cl2N3O3. The highest BCUT2D eigenvalue weighted by atomic mass is 35.5. The number of benzene rings is 1. The molecule has 6 nitrogen and oxygen atoms in total. The van der Waals surface area contributed by atoms with Gasteiger partial charge >= 0.3 is 6.03 Å². The zero-order valence-electron chi connectivity index (χ0n) is 11.5. The zero-order valence-corrected chi connectivity index (χ0v) is 13.0. The third-order valence-corrected chi connectivity index (χ3v) is 4.32. The maximum Gasteiger partial charge on any atom is 0.325 e. The number of hydrogen-bond donors (Lipinski definition) is 1. The van der Waals surface area contributed by atoms with Crippen molar-refractivity contribution in [1.82, 2.24) is 15.4 Å². The van der Waals surface area contributed by atoms with Crippen LogP contribution in [0.25, 0.3) is 0 Å². The van der Waals surface area contributed by atoms with Crippen LogP contribution in [0.3, 0.4) is 0 Å². The Morgan fingerprint density at radius 2 is 2.05 bits per heavy atom. The fourth-order valence-corrected chi connectivity index (χ4v) is 2.62. The fourth-order valence-electron chi connectivity index (χ4n) is 2.32. The normalized spacial score (nSPS) is 21.3. The first kappa shape index (κ1) is 14.9. The van der Waals surface area contributed by atoms with E-state index in [0.717, 1.165) is 4.90 Å². The van der Waals surface area contributed by atoms with Gasteiger partial charge in [-0.2, -0.15) is 0 Å². The van der Waals surface area contributed by atoms with E-state index in [1.54, 1.807) is 31.2 Å². The number of aromatic nitrogens is 1. The molecule has 1 aromatic carbocycles. The summed E-state index contributed by atoms with van der Waals surface area (Å²) in [4.78, 5) is 25.9. The van der Waals surface area contributed by atoms with E-state index in [1.165, 1.54) is 6.26 Å². The predicted molar refractivity (Wildman–Crippen MR) is 79.4 cm³/mol. The minimum absolute atomic E-state index is 0.0398. The molecule has 1 atom stereocenters. The lowest BCUT2D eigenvalue weighted by Gasteiger charge is -2.22. The molecule has 114 valence electrons. The molecule has 1 N–H and O–H groups in total. The smallest absolute Gasteiger partial charge is 0.325 e. The molecule has 1 saturated heterocycles. The monoisotopic (exact) mass is 339 g/mol. The molecular weight excluding hydrogens is 329 g/mol. The second kappa shape index (κ2) is 5.30. The van der Waals surface area contributed by atoms with E-state index in [0.29, 0.717) is 21.3 Å². The number of carbonyl (C=O) groups excluding carboxylic acids is 2. The molecule has 0 saturated carbocycles. The van der Waals surface area contributed by atoms with E-state index in [1.807, 2.05) is 0 Å². The van der Waals surface area contributed by atoms with Crippen molar-refractivity contribution in [2.45, 2.75) is 19.0 Å². The van der Waals surface area contributed by atoms with Gasteiger partial charge in [0.2, 0.25) is 0 Å². The van der Waals surface area contributed by atoms with Crippen molar-refractivity contribution in [1.29, 1.82) is 0 Å². The Balaban J connectivity index is 1.93. The van der Waals surface area contributed by atoms with Crippen LogP contribution in [0.2, 0.25) is 10.0 Å². The van der Waals surface area contributed by atoms with Crippen LogP contribution < -0.4 is 5.32 Å². The number of urea groups is 1.